The molecule has 0 spiro atoms. The lowest BCUT2D eigenvalue weighted by molar-refractivity contribution is -0.121. The molecule has 0 saturated carbocycles. The lowest BCUT2D eigenvalue weighted by atomic mass is 9.90. The topological polar surface area (TPSA) is 45.1 Å². The van der Waals surface area contributed by atoms with Crippen molar-refractivity contribution in [2.24, 2.45) is 5.16 Å². The van der Waals surface area contributed by atoms with E-state index in [1.54, 1.807) is 31.4 Å². The van der Waals surface area contributed by atoms with E-state index in [4.69, 9.17) is 51.2 Å². The zero-order chi connectivity index (χ0) is 28.8. The summed E-state index contributed by atoms with van der Waals surface area (Å²) in [7, 11) is 9.28. The van der Waals surface area contributed by atoms with Crippen molar-refractivity contribution in [3.05, 3.63) is 92.9 Å². The summed E-state index contributed by atoms with van der Waals surface area (Å²) in [5.74, 6) is 0.0163. The quantitative estimate of drug-likeness (QED) is 0.133. The SMILES string of the molecule is C=CC[C@@H](C(=O)CN(C)C)c1ccc(Cl)c(Cl)c1.C=CC[C@@H](C(CN(C)C)=NOC)c1ccc(Cl)c(Cl)c1. The third-order valence-corrected chi connectivity index (χ3v) is 6.92. The van der Waals surface area contributed by atoms with E-state index in [0.717, 1.165) is 23.3 Å². The van der Waals surface area contributed by atoms with Crippen LogP contribution in [0.4, 0.5) is 0 Å². The van der Waals surface area contributed by atoms with Crippen LogP contribution in [-0.2, 0) is 9.63 Å². The van der Waals surface area contributed by atoms with Crippen molar-refractivity contribution in [2.45, 2.75) is 24.7 Å². The number of carbonyl (C=O) groups is 1. The molecule has 5 nitrogen and oxygen atoms in total. The van der Waals surface area contributed by atoms with Crippen LogP contribution in [0.25, 0.3) is 0 Å². The largest absolute Gasteiger partial charge is 0.399 e. The molecule has 208 valence electrons. The summed E-state index contributed by atoms with van der Waals surface area (Å²) in [5.41, 5.74) is 2.86. The average Bonchev–Trinajstić information content (AvgIpc) is 2.84. The van der Waals surface area contributed by atoms with Crippen LogP contribution >= 0.6 is 46.4 Å². The van der Waals surface area contributed by atoms with Crippen LogP contribution < -0.4 is 0 Å². The molecule has 0 aromatic heterocycles. The minimum Gasteiger partial charge on any atom is -0.399 e. The highest BCUT2D eigenvalue weighted by atomic mass is 35.5. The number of nitrogens with zero attached hydrogens (tertiary/aromatic N) is 3. The summed E-state index contributed by atoms with van der Waals surface area (Å²) in [6.07, 6.45) is 4.98. The smallest absolute Gasteiger partial charge is 0.154 e. The molecule has 2 aromatic rings. The molecule has 0 aliphatic heterocycles. The van der Waals surface area contributed by atoms with Gasteiger partial charge in [-0.25, -0.2) is 0 Å². The first kappa shape index (κ1) is 34.2. The van der Waals surface area contributed by atoms with Gasteiger partial charge >= 0.3 is 0 Å². The molecule has 0 N–H and O–H groups in total. The molecule has 2 aromatic carbocycles. The number of Topliss-reactive ketones (excluding diaryl/α,β-unsaturated/α-hetero) is 1. The summed E-state index contributed by atoms with van der Waals surface area (Å²) in [4.78, 5) is 21.1. The fourth-order valence-corrected chi connectivity index (χ4v) is 4.39. The number of benzene rings is 2. The Kier molecular flexibility index (Phi) is 15.9. The fourth-order valence-electron chi connectivity index (χ4n) is 3.78. The van der Waals surface area contributed by atoms with E-state index in [-0.39, 0.29) is 17.6 Å². The predicted molar refractivity (Wildman–Crippen MR) is 165 cm³/mol. The second-order valence-corrected chi connectivity index (χ2v) is 10.8. The summed E-state index contributed by atoms with van der Waals surface area (Å²) in [6, 6.07) is 11.0. The van der Waals surface area contributed by atoms with Crippen molar-refractivity contribution >= 4 is 57.9 Å². The van der Waals surface area contributed by atoms with Crippen LogP contribution in [0.15, 0.2) is 66.9 Å². The van der Waals surface area contributed by atoms with Crippen molar-refractivity contribution in [1.82, 2.24) is 9.80 Å². The molecule has 0 fully saturated rings. The molecule has 0 bridgehead atoms. The minimum absolute atomic E-state index is 0.0737. The Morgan fingerprint density at radius 2 is 1.26 bits per heavy atom. The summed E-state index contributed by atoms with van der Waals surface area (Å²) in [5, 5.41) is 6.22. The zero-order valence-electron chi connectivity index (χ0n) is 22.7. The first-order valence-corrected chi connectivity index (χ1v) is 13.5. The van der Waals surface area contributed by atoms with Crippen LogP contribution in [0.2, 0.25) is 20.1 Å². The second-order valence-electron chi connectivity index (χ2n) is 9.21. The third-order valence-electron chi connectivity index (χ3n) is 5.45. The van der Waals surface area contributed by atoms with E-state index >= 15 is 0 Å². The van der Waals surface area contributed by atoms with Crippen LogP contribution in [0.3, 0.4) is 0 Å². The van der Waals surface area contributed by atoms with Gasteiger partial charge in [0.2, 0.25) is 0 Å². The van der Waals surface area contributed by atoms with Gasteiger partial charge in [0.1, 0.15) is 7.11 Å². The molecule has 0 amide bonds. The van der Waals surface area contributed by atoms with Gasteiger partial charge in [0, 0.05) is 18.4 Å². The number of hydrogen-bond acceptors (Lipinski definition) is 5. The number of hydrogen-bond donors (Lipinski definition) is 0. The number of oxime groups is 1. The molecule has 0 heterocycles. The fraction of sp³-hybridized carbons (Fsp3) is 0.379. The number of rotatable bonds is 13. The Bertz CT molecular complexity index is 1100. The van der Waals surface area contributed by atoms with Gasteiger partial charge < -0.3 is 14.6 Å². The Labute approximate surface area is 247 Å². The average molecular weight is 601 g/mol. The van der Waals surface area contributed by atoms with Crippen molar-refractivity contribution < 1.29 is 9.63 Å². The minimum atomic E-state index is -0.209. The molecule has 0 aliphatic rings. The first-order chi connectivity index (χ1) is 17.9. The lowest BCUT2D eigenvalue weighted by Crippen LogP contribution is -2.27. The summed E-state index contributed by atoms with van der Waals surface area (Å²) in [6.45, 7) is 8.62. The molecular formula is C29H37Cl4N3O2. The van der Waals surface area contributed by atoms with Gasteiger partial charge in [-0.3, -0.25) is 4.79 Å². The van der Waals surface area contributed by atoms with Crippen molar-refractivity contribution in [1.29, 1.82) is 0 Å². The number of halogens is 4. The lowest BCUT2D eigenvalue weighted by Gasteiger charge is -2.21. The summed E-state index contributed by atoms with van der Waals surface area (Å²) >= 11 is 23.9. The Hall–Kier alpha value is -1.86. The van der Waals surface area contributed by atoms with Crippen molar-refractivity contribution in [3.63, 3.8) is 0 Å². The van der Waals surface area contributed by atoms with E-state index in [9.17, 15) is 4.79 Å². The molecule has 0 unspecified atom stereocenters. The van der Waals surface area contributed by atoms with Gasteiger partial charge in [0.25, 0.3) is 0 Å². The highest BCUT2D eigenvalue weighted by Crippen LogP contribution is 2.30. The van der Waals surface area contributed by atoms with Crippen molar-refractivity contribution in [2.75, 3.05) is 48.4 Å². The predicted octanol–water partition coefficient (Wildman–Crippen LogP) is 8.00. The van der Waals surface area contributed by atoms with Crippen LogP contribution in [0.1, 0.15) is 35.8 Å². The summed E-state index contributed by atoms with van der Waals surface area (Å²) < 4.78 is 0. The van der Waals surface area contributed by atoms with Gasteiger partial charge in [-0.1, -0.05) is 75.8 Å². The van der Waals surface area contributed by atoms with Crippen molar-refractivity contribution in [3.8, 4) is 0 Å². The van der Waals surface area contributed by atoms with Gasteiger partial charge in [-0.2, -0.15) is 0 Å². The molecular weight excluding hydrogens is 564 g/mol. The standard InChI is InChI=1S/C15H20Cl2N2O.C14H17Cl2NO/c1-5-6-12(15(18-20-4)10-19(2)3)11-7-8-13(16)14(17)9-11;1-4-5-11(14(18)9-17(2)3)10-6-7-12(15)13(16)8-10/h5,7-9,12H,1,6,10H2,2-4H3;4,6-8,11H,1,5,9H2,2-3H3/t12-;11-/m11/s1. The van der Waals surface area contributed by atoms with Gasteiger partial charge in [0.05, 0.1) is 32.3 Å². The first-order valence-electron chi connectivity index (χ1n) is 12.0. The monoisotopic (exact) mass is 599 g/mol. The Balaban J connectivity index is 0.000000382. The number of allylic oxidation sites excluding steroid dienone is 2. The van der Waals surface area contributed by atoms with Gasteiger partial charge in [-0.05, 0) is 76.4 Å². The Morgan fingerprint density at radius 1 is 0.816 bits per heavy atom. The number of likely N-dealkylation sites (N-methyl/N-ethyl adjacent to an activating group) is 1. The molecule has 0 aliphatic carbocycles. The molecule has 2 atom stereocenters. The molecule has 0 saturated heterocycles. The zero-order valence-corrected chi connectivity index (χ0v) is 25.7. The second kappa shape index (κ2) is 17.7. The third kappa shape index (κ3) is 11.5. The Morgan fingerprint density at radius 3 is 1.66 bits per heavy atom. The maximum Gasteiger partial charge on any atom is 0.154 e. The van der Waals surface area contributed by atoms with E-state index in [1.165, 1.54) is 0 Å². The molecule has 2 rings (SSSR count). The molecule has 38 heavy (non-hydrogen) atoms. The maximum absolute atomic E-state index is 12.2. The van der Waals surface area contributed by atoms with Crippen LogP contribution in [0, 0.1) is 0 Å². The number of ketones is 1. The maximum atomic E-state index is 12.2. The van der Waals surface area contributed by atoms with Gasteiger partial charge in [0.15, 0.2) is 5.78 Å². The highest BCUT2D eigenvalue weighted by Gasteiger charge is 2.21. The number of carbonyl (C=O) groups excluding carboxylic acids is 1. The highest BCUT2D eigenvalue weighted by molar-refractivity contribution is 6.42. The van der Waals surface area contributed by atoms with Gasteiger partial charge in [-0.15, -0.1) is 13.2 Å². The van der Waals surface area contributed by atoms with E-state index in [2.05, 4.69) is 18.3 Å². The van der Waals surface area contributed by atoms with E-state index in [0.29, 0.717) is 39.6 Å². The van der Waals surface area contributed by atoms with E-state index in [1.807, 2.05) is 62.3 Å². The van der Waals surface area contributed by atoms with Crippen LogP contribution in [0.5, 0.6) is 0 Å². The molecule has 0 radical (unpaired) electrons. The molecule has 9 heteroatoms. The normalized spacial score (nSPS) is 13.0. The van der Waals surface area contributed by atoms with Crippen LogP contribution in [-0.4, -0.2) is 69.7 Å². The van der Waals surface area contributed by atoms with E-state index < -0.39 is 0 Å².